The van der Waals surface area contributed by atoms with Gasteiger partial charge in [0.25, 0.3) is 10.1 Å². The van der Waals surface area contributed by atoms with E-state index in [1.807, 2.05) is 0 Å². The predicted molar refractivity (Wildman–Crippen MR) is 56.6 cm³/mol. The lowest BCUT2D eigenvalue weighted by Gasteiger charge is -2.03. The summed E-state index contributed by atoms with van der Waals surface area (Å²) in [5, 5.41) is 0.364. The van der Waals surface area contributed by atoms with E-state index in [0.717, 1.165) is 10.7 Å². The van der Waals surface area contributed by atoms with Crippen LogP contribution in [-0.4, -0.2) is 19.7 Å². The minimum absolute atomic E-state index is 0.148. The van der Waals surface area contributed by atoms with Crippen molar-refractivity contribution in [3.63, 3.8) is 0 Å². The van der Waals surface area contributed by atoms with Gasteiger partial charge >= 0.3 is 0 Å². The largest absolute Gasteiger partial charge is 0.264 e. The first-order valence-electron chi connectivity index (χ1n) is 3.53. The second-order valence-electron chi connectivity index (χ2n) is 2.55. The van der Waals surface area contributed by atoms with Crippen LogP contribution in [0, 0.1) is 0 Å². The van der Waals surface area contributed by atoms with Crippen LogP contribution in [0.5, 0.6) is 0 Å². The molecule has 0 amide bonds. The van der Waals surface area contributed by atoms with Gasteiger partial charge in [0.05, 0.1) is 17.0 Å². The average Bonchev–Trinajstić information content (AvgIpc) is 2.00. The molecule has 0 unspecified atom stereocenters. The monoisotopic (exact) mass is 299 g/mol. The Labute approximate surface area is 95.5 Å². The molecular weight excluding hydrogens is 294 g/mol. The maximum absolute atomic E-state index is 10.7. The molecule has 1 heterocycles. The molecule has 1 rings (SSSR count). The van der Waals surface area contributed by atoms with Gasteiger partial charge in [-0.1, -0.05) is 11.6 Å². The van der Waals surface area contributed by atoms with Crippen LogP contribution >= 0.6 is 27.5 Å². The fraction of sp³-hybridized carbons (Fsp3) is 0.286. The summed E-state index contributed by atoms with van der Waals surface area (Å²) in [7, 11) is -3.46. The van der Waals surface area contributed by atoms with Crippen molar-refractivity contribution in [2.75, 3.05) is 6.26 Å². The van der Waals surface area contributed by atoms with Gasteiger partial charge in [-0.3, -0.25) is 9.17 Å². The first kappa shape index (κ1) is 11.9. The summed E-state index contributed by atoms with van der Waals surface area (Å²) >= 11 is 8.97. The SMILES string of the molecule is CS(=O)(=O)OCc1ncc(Br)cc1Cl. The van der Waals surface area contributed by atoms with Gasteiger partial charge in [-0.15, -0.1) is 0 Å². The van der Waals surface area contributed by atoms with E-state index >= 15 is 0 Å². The summed E-state index contributed by atoms with van der Waals surface area (Å²) in [6.45, 7) is -0.148. The van der Waals surface area contributed by atoms with Crippen LogP contribution in [0.15, 0.2) is 16.7 Å². The zero-order chi connectivity index (χ0) is 10.8. The number of hydrogen-bond donors (Lipinski definition) is 0. The first-order valence-corrected chi connectivity index (χ1v) is 6.51. The Kier molecular flexibility index (Phi) is 3.88. The zero-order valence-electron chi connectivity index (χ0n) is 7.20. The summed E-state index contributed by atoms with van der Waals surface area (Å²) in [6.07, 6.45) is 2.49. The van der Waals surface area contributed by atoms with E-state index in [2.05, 4.69) is 25.1 Å². The second kappa shape index (κ2) is 4.57. The summed E-state index contributed by atoms with van der Waals surface area (Å²) in [6, 6.07) is 1.62. The molecule has 0 N–H and O–H groups in total. The summed E-state index contributed by atoms with van der Waals surface area (Å²) < 4.78 is 26.6. The summed E-state index contributed by atoms with van der Waals surface area (Å²) in [5.41, 5.74) is 0.389. The highest BCUT2D eigenvalue weighted by Gasteiger charge is 2.07. The Morgan fingerprint density at radius 3 is 2.79 bits per heavy atom. The molecule has 0 aliphatic rings. The van der Waals surface area contributed by atoms with Gasteiger partial charge < -0.3 is 0 Å². The lowest BCUT2D eigenvalue weighted by atomic mass is 10.4. The molecule has 0 spiro atoms. The van der Waals surface area contributed by atoms with Crippen molar-refractivity contribution >= 4 is 37.6 Å². The molecule has 0 aliphatic carbocycles. The third-order valence-electron chi connectivity index (χ3n) is 1.29. The van der Waals surface area contributed by atoms with Crippen molar-refractivity contribution in [3.05, 3.63) is 27.5 Å². The van der Waals surface area contributed by atoms with E-state index in [1.165, 1.54) is 6.20 Å². The molecule has 0 aliphatic heterocycles. The van der Waals surface area contributed by atoms with Crippen LogP contribution in [0.2, 0.25) is 5.02 Å². The molecule has 0 bridgehead atoms. The molecule has 0 aromatic carbocycles. The van der Waals surface area contributed by atoms with Crippen molar-refractivity contribution in [3.8, 4) is 0 Å². The third-order valence-corrected chi connectivity index (χ3v) is 2.60. The number of rotatable bonds is 3. The number of halogens is 2. The zero-order valence-corrected chi connectivity index (χ0v) is 10.4. The molecule has 78 valence electrons. The molecule has 0 fully saturated rings. The van der Waals surface area contributed by atoms with Crippen LogP contribution in [0.25, 0.3) is 0 Å². The smallest absolute Gasteiger partial charge is 0.264 e. The van der Waals surface area contributed by atoms with Gasteiger partial charge in [0.2, 0.25) is 0 Å². The highest BCUT2D eigenvalue weighted by molar-refractivity contribution is 9.10. The first-order chi connectivity index (χ1) is 6.38. The molecule has 7 heteroatoms. The minimum atomic E-state index is -3.46. The van der Waals surface area contributed by atoms with Gasteiger partial charge in [0.15, 0.2) is 0 Å². The lowest BCUT2D eigenvalue weighted by Crippen LogP contribution is -2.04. The Hall–Kier alpha value is -0.170. The third kappa shape index (κ3) is 3.91. The topological polar surface area (TPSA) is 56.3 Å². The van der Waals surface area contributed by atoms with E-state index in [-0.39, 0.29) is 6.61 Å². The van der Waals surface area contributed by atoms with Crippen molar-refractivity contribution in [1.82, 2.24) is 4.98 Å². The van der Waals surface area contributed by atoms with E-state index in [0.29, 0.717) is 10.7 Å². The minimum Gasteiger partial charge on any atom is -0.264 e. The van der Waals surface area contributed by atoms with Gasteiger partial charge in [0, 0.05) is 10.7 Å². The Morgan fingerprint density at radius 1 is 1.64 bits per heavy atom. The van der Waals surface area contributed by atoms with Crippen LogP contribution in [0.1, 0.15) is 5.69 Å². The predicted octanol–water partition coefficient (Wildman–Crippen LogP) is 1.97. The molecule has 14 heavy (non-hydrogen) atoms. The summed E-state index contributed by atoms with van der Waals surface area (Å²) in [5.74, 6) is 0. The second-order valence-corrected chi connectivity index (χ2v) is 5.52. The van der Waals surface area contributed by atoms with Crippen molar-refractivity contribution in [1.29, 1.82) is 0 Å². The fourth-order valence-corrected chi connectivity index (χ4v) is 1.72. The molecule has 0 saturated carbocycles. The van der Waals surface area contributed by atoms with Crippen molar-refractivity contribution in [2.24, 2.45) is 0 Å². The van der Waals surface area contributed by atoms with Crippen LogP contribution < -0.4 is 0 Å². The van der Waals surface area contributed by atoms with E-state index in [1.54, 1.807) is 6.07 Å². The number of pyridine rings is 1. The fourth-order valence-electron chi connectivity index (χ4n) is 0.712. The molecule has 1 aromatic rings. The van der Waals surface area contributed by atoms with Gasteiger partial charge in [0.1, 0.15) is 6.61 Å². The molecule has 1 aromatic heterocycles. The van der Waals surface area contributed by atoms with Crippen LogP contribution in [0.3, 0.4) is 0 Å². The Balaban J connectivity index is 2.78. The van der Waals surface area contributed by atoms with Gasteiger partial charge in [-0.2, -0.15) is 8.42 Å². The average molecular weight is 301 g/mol. The number of hydrogen-bond acceptors (Lipinski definition) is 4. The lowest BCUT2D eigenvalue weighted by molar-refractivity contribution is 0.307. The highest BCUT2D eigenvalue weighted by atomic mass is 79.9. The van der Waals surface area contributed by atoms with E-state index < -0.39 is 10.1 Å². The van der Waals surface area contributed by atoms with Crippen LogP contribution in [0.4, 0.5) is 0 Å². The standard InChI is InChI=1S/C7H7BrClNO3S/c1-14(11,12)13-4-7-6(9)2-5(8)3-10-7/h2-3H,4H2,1H3. The van der Waals surface area contributed by atoms with E-state index in [4.69, 9.17) is 11.6 Å². The molecule has 4 nitrogen and oxygen atoms in total. The highest BCUT2D eigenvalue weighted by Crippen LogP contribution is 2.19. The van der Waals surface area contributed by atoms with Crippen LogP contribution in [-0.2, 0) is 20.9 Å². The van der Waals surface area contributed by atoms with Crippen molar-refractivity contribution in [2.45, 2.75) is 6.61 Å². The van der Waals surface area contributed by atoms with Crippen molar-refractivity contribution < 1.29 is 12.6 Å². The number of aromatic nitrogens is 1. The van der Waals surface area contributed by atoms with Gasteiger partial charge in [-0.25, -0.2) is 0 Å². The quantitative estimate of drug-likeness (QED) is 0.801. The molecule has 0 saturated heterocycles. The summed E-state index contributed by atoms with van der Waals surface area (Å²) in [4.78, 5) is 3.91. The molecule has 0 radical (unpaired) electrons. The Morgan fingerprint density at radius 2 is 2.29 bits per heavy atom. The van der Waals surface area contributed by atoms with Gasteiger partial charge in [-0.05, 0) is 22.0 Å². The normalized spacial score (nSPS) is 11.6. The number of nitrogens with zero attached hydrogens (tertiary/aromatic N) is 1. The molecular formula is C7H7BrClNO3S. The maximum atomic E-state index is 10.7. The Bertz CT molecular complexity index is 435. The maximum Gasteiger partial charge on any atom is 0.264 e. The molecule has 0 atom stereocenters. The van der Waals surface area contributed by atoms with E-state index in [9.17, 15) is 8.42 Å².